The van der Waals surface area contributed by atoms with Gasteiger partial charge >= 0.3 is 6.03 Å². The van der Waals surface area contributed by atoms with Crippen molar-refractivity contribution in [1.29, 1.82) is 0 Å². The lowest BCUT2D eigenvalue weighted by molar-refractivity contribution is 0.253. The molecule has 1 rings (SSSR count). The van der Waals surface area contributed by atoms with Crippen molar-refractivity contribution in [2.45, 2.75) is 0 Å². The lowest BCUT2D eigenvalue weighted by Crippen LogP contribution is -2.33. The summed E-state index contributed by atoms with van der Waals surface area (Å²) in [6, 6.07) is 5.45. The van der Waals surface area contributed by atoms with Gasteiger partial charge in [-0.05, 0) is 24.3 Å². The summed E-state index contributed by atoms with van der Waals surface area (Å²) in [7, 11) is -4.46. The minimum Gasteiger partial charge on any atom is -0.747 e. The lowest BCUT2D eigenvalue weighted by Gasteiger charge is -2.09. The third kappa shape index (κ3) is 4.62. The zero-order valence-corrected chi connectivity index (χ0v) is 8.95. The fourth-order valence-corrected chi connectivity index (χ4v) is 1.20. The normalized spacial score (nSPS) is 10.8. The van der Waals surface area contributed by atoms with Crippen molar-refractivity contribution < 1.29 is 17.8 Å². The zero-order chi connectivity index (χ0) is 12.2. The fourth-order valence-electron chi connectivity index (χ4n) is 0.896. The summed E-state index contributed by atoms with van der Waals surface area (Å²) < 4.78 is 30.7. The van der Waals surface area contributed by atoms with Crippen LogP contribution in [0.1, 0.15) is 0 Å². The maximum absolute atomic E-state index is 11.1. The van der Waals surface area contributed by atoms with Crippen LogP contribution in [0, 0.1) is 0 Å². The molecule has 0 aliphatic heterocycles. The molecule has 1 aromatic carbocycles. The van der Waals surface area contributed by atoms with Crippen LogP contribution in [0.3, 0.4) is 0 Å². The zero-order valence-electron chi connectivity index (χ0n) is 8.14. The minimum atomic E-state index is -4.46. The van der Waals surface area contributed by atoms with Crippen LogP contribution in [0.15, 0.2) is 24.3 Å². The number of urea groups is 1. The van der Waals surface area contributed by atoms with E-state index in [1.807, 2.05) is 5.32 Å². The van der Waals surface area contributed by atoms with Gasteiger partial charge in [0.15, 0.2) is 0 Å². The molecule has 0 spiro atoms. The molecule has 0 bridgehead atoms. The minimum absolute atomic E-state index is 0.440. The number of hydrogen-bond donors (Lipinski definition) is 3. The molecule has 8 heteroatoms. The molecule has 0 atom stereocenters. The molecule has 0 aromatic heterocycles. The van der Waals surface area contributed by atoms with Crippen molar-refractivity contribution in [2.24, 2.45) is 0 Å². The number of amides is 2. The topological polar surface area (TPSA) is 124 Å². The van der Waals surface area contributed by atoms with E-state index in [1.54, 1.807) is 24.3 Å². The fraction of sp³-hybridized carbons (Fsp3) is 0.125. The van der Waals surface area contributed by atoms with Gasteiger partial charge in [-0.15, -0.1) is 0 Å². The van der Waals surface area contributed by atoms with Crippen molar-refractivity contribution in [1.82, 2.24) is 5.32 Å². The Kier molecular flexibility index (Phi) is 3.69. The Bertz CT molecular complexity index is 469. The molecule has 88 valence electrons. The number of rotatable bonds is 3. The Morgan fingerprint density at radius 2 is 1.88 bits per heavy atom. The van der Waals surface area contributed by atoms with E-state index in [-0.39, 0.29) is 0 Å². The number of hydrogen-bond acceptors (Lipinski definition) is 5. The van der Waals surface area contributed by atoms with E-state index in [0.717, 1.165) is 0 Å². The van der Waals surface area contributed by atoms with Gasteiger partial charge in [-0.25, -0.2) is 13.2 Å². The van der Waals surface area contributed by atoms with Crippen molar-refractivity contribution >= 4 is 27.5 Å². The Hall–Kier alpha value is -1.80. The average Bonchev–Trinajstić information content (AvgIpc) is 2.18. The van der Waals surface area contributed by atoms with Crippen LogP contribution in [0.2, 0.25) is 0 Å². The molecular weight excluding hydrogens is 234 g/mol. The molecule has 4 N–H and O–H groups in total. The molecule has 16 heavy (non-hydrogen) atoms. The lowest BCUT2D eigenvalue weighted by atomic mass is 10.3. The summed E-state index contributed by atoms with van der Waals surface area (Å²) in [6.07, 6.45) is 0. The van der Waals surface area contributed by atoms with E-state index < -0.39 is 22.0 Å². The first-order chi connectivity index (χ1) is 7.37. The molecule has 0 unspecified atom stereocenters. The number of nitrogens with one attached hydrogen (secondary N) is 2. The quantitative estimate of drug-likeness (QED) is 0.505. The Labute approximate surface area is 92.4 Å². The maximum Gasteiger partial charge on any atom is 0.320 e. The third-order valence-electron chi connectivity index (χ3n) is 1.58. The first kappa shape index (κ1) is 12.3. The largest absolute Gasteiger partial charge is 0.747 e. The molecule has 7 nitrogen and oxygen atoms in total. The summed E-state index contributed by atoms with van der Waals surface area (Å²) in [5.41, 5.74) is 6.40. The smallest absolute Gasteiger partial charge is 0.320 e. The van der Waals surface area contributed by atoms with Gasteiger partial charge in [0.05, 0.1) is 0 Å². The van der Waals surface area contributed by atoms with Gasteiger partial charge in [-0.3, -0.25) is 0 Å². The van der Waals surface area contributed by atoms with Crippen molar-refractivity contribution in [3.8, 4) is 0 Å². The Morgan fingerprint density at radius 3 is 2.38 bits per heavy atom. The number of carbonyl (C=O) groups is 1. The van der Waals surface area contributed by atoms with E-state index in [4.69, 9.17) is 5.73 Å². The standard InChI is InChI=1S/C8H11N3O4S/c9-6-1-3-7(4-2-6)11-8(12)10-5-16(13,14)15/h1-4H,5,9H2,(H2,10,11,12)(H,13,14,15)/p-1. The van der Waals surface area contributed by atoms with Gasteiger partial charge < -0.3 is 20.9 Å². The summed E-state index contributed by atoms with van der Waals surface area (Å²) in [5, 5.41) is 4.24. The summed E-state index contributed by atoms with van der Waals surface area (Å²) in [6.45, 7) is 0. The van der Waals surface area contributed by atoms with Crippen molar-refractivity contribution in [3.05, 3.63) is 24.3 Å². The molecule has 0 radical (unpaired) electrons. The highest BCUT2D eigenvalue weighted by Gasteiger charge is 2.02. The third-order valence-corrected chi connectivity index (χ3v) is 2.08. The predicted molar refractivity (Wildman–Crippen MR) is 57.6 cm³/mol. The van der Waals surface area contributed by atoms with Crippen LogP contribution in [-0.4, -0.2) is 24.9 Å². The van der Waals surface area contributed by atoms with Crippen LogP contribution in [0.5, 0.6) is 0 Å². The first-order valence-corrected chi connectivity index (χ1v) is 5.78. The van der Waals surface area contributed by atoms with Gasteiger partial charge in [-0.1, -0.05) is 0 Å². The second-order valence-corrected chi connectivity index (χ2v) is 4.36. The molecular formula is C8H10N3O4S-. The second kappa shape index (κ2) is 4.81. The number of anilines is 2. The van der Waals surface area contributed by atoms with Gasteiger partial charge in [0.2, 0.25) is 0 Å². The van der Waals surface area contributed by atoms with Crippen LogP contribution >= 0.6 is 0 Å². The Morgan fingerprint density at radius 1 is 1.31 bits per heavy atom. The summed E-state index contributed by atoms with van der Waals surface area (Å²) >= 11 is 0. The van der Waals surface area contributed by atoms with Crippen LogP contribution in [0.25, 0.3) is 0 Å². The van der Waals surface area contributed by atoms with E-state index in [9.17, 15) is 17.8 Å². The molecule has 1 aromatic rings. The van der Waals surface area contributed by atoms with Gasteiger partial charge in [0, 0.05) is 11.4 Å². The molecule has 0 aliphatic rings. The van der Waals surface area contributed by atoms with Gasteiger partial charge in [-0.2, -0.15) is 0 Å². The van der Waals surface area contributed by atoms with Gasteiger partial charge in [0.25, 0.3) is 0 Å². The second-order valence-electron chi connectivity index (χ2n) is 2.95. The number of nitrogens with two attached hydrogens (primary N) is 1. The van der Waals surface area contributed by atoms with E-state index in [2.05, 4.69) is 5.32 Å². The molecule has 0 fully saturated rings. The van der Waals surface area contributed by atoms with E-state index in [1.165, 1.54) is 0 Å². The van der Waals surface area contributed by atoms with E-state index in [0.29, 0.717) is 11.4 Å². The number of nitrogen functional groups attached to an aromatic ring is 1. The molecule has 0 saturated heterocycles. The maximum atomic E-state index is 11.1. The highest BCUT2D eigenvalue weighted by atomic mass is 32.2. The highest BCUT2D eigenvalue weighted by molar-refractivity contribution is 7.85. The van der Waals surface area contributed by atoms with Crippen LogP contribution in [0.4, 0.5) is 16.2 Å². The first-order valence-electron chi connectivity index (χ1n) is 4.21. The number of benzene rings is 1. The average molecular weight is 244 g/mol. The summed E-state index contributed by atoms with van der Waals surface area (Å²) in [5.74, 6) is -0.951. The van der Waals surface area contributed by atoms with Crippen molar-refractivity contribution in [2.75, 3.05) is 16.9 Å². The van der Waals surface area contributed by atoms with E-state index >= 15 is 0 Å². The molecule has 0 aliphatic carbocycles. The Balaban J connectivity index is 2.49. The number of carbonyl (C=O) groups excluding carboxylic acids is 1. The monoisotopic (exact) mass is 244 g/mol. The predicted octanol–water partition coefficient (Wildman–Crippen LogP) is -0.107. The SMILES string of the molecule is Nc1ccc(NC(=O)NCS(=O)(=O)[O-])cc1. The van der Waals surface area contributed by atoms with Crippen LogP contribution < -0.4 is 16.4 Å². The molecule has 2 amide bonds. The molecule has 0 heterocycles. The molecule has 0 saturated carbocycles. The van der Waals surface area contributed by atoms with Gasteiger partial charge in [0.1, 0.15) is 16.0 Å². The van der Waals surface area contributed by atoms with Crippen LogP contribution in [-0.2, 0) is 10.1 Å². The highest BCUT2D eigenvalue weighted by Crippen LogP contribution is 2.09. The van der Waals surface area contributed by atoms with Crippen molar-refractivity contribution in [3.63, 3.8) is 0 Å². The summed E-state index contributed by atoms with van der Waals surface area (Å²) in [4.78, 5) is 11.1.